The zero-order valence-corrected chi connectivity index (χ0v) is 12.0. The minimum atomic E-state index is -0.692. The largest absolute Gasteiger partial charge is 0.379 e. The van der Waals surface area contributed by atoms with Gasteiger partial charge in [-0.1, -0.05) is 0 Å². The maximum absolute atomic E-state index is 12.2. The number of carbonyl (C=O) groups excluding carboxylic acids is 1. The molecule has 1 amide bonds. The molecule has 3 N–H and O–H groups in total. The first-order chi connectivity index (χ1) is 8.43. The second-order valence-electron chi connectivity index (χ2n) is 4.76. The number of hydrogen-bond donors (Lipinski definition) is 2. The number of pyridine rings is 1. The van der Waals surface area contributed by atoms with Crippen LogP contribution in [0, 0.1) is 12.3 Å². The van der Waals surface area contributed by atoms with Crippen LogP contribution >= 0.6 is 15.9 Å². The number of nitrogens with one attached hydrogen (secondary N) is 1. The molecule has 18 heavy (non-hydrogen) atoms. The number of carbonyl (C=O) groups is 1. The maximum Gasteiger partial charge on any atom is 0.235 e. The number of rotatable bonds is 2. The van der Waals surface area contributed by atoms with E-state index < -0.39 is 5.41 Å². The van der Waals surface area contributed by atoms with Gasteiger partial charge in [-0.15, -0.1) is 0 Å². The first-order valence-corrected chi connectivity index (χ1v) is 6.51. The number of aromatic nitrogens is 1. The minimum Gasteiger partial charge on any atom is -0.379 e. The molecular weight excluding hydrogens is 298 g/mol. The summed E-state index contributed by atoms with van der Waals surface area (Å²) in [6.45, 7) is 4.43. The van der Waals surface area contributed by atoms with Crippen LogP contribution in [-0.2, 0) is 9.53 Å². The van der Waals surface area contributed by atoms with E-state index in [9.17, 15) is 4.79 Å². The lowest BCUT2D eigenvalue weighted by molar-refractivity contribution is -0.125. The van der Waals surface area contributed by atoms with Crippen molar-refractivity contribution in [3.8, 4) is 0 Å². The van der Waals surface area contributed by atoms with Crippen molar-refractivity contribution in [2.24, 2.45) is 11.1 Å². The Morgan fingerprint density at radius 2 is 2.39 bits per heavy atom. The molecule has 1 aliphatic rings. The minimum absolute atomic E-state index is 0.151. The predicted molar refractivity (Wildman–Crippen MR) is 72.2 cm³/mol. The molecule has 0 aliphatic carbocycles. The molecule has 2 rings (SSSR count). The highest BCUT2D eigenvalue weighted by atomic mass is 79.9. The van der Waals surface area contributed by atoms with Gasteiger partial charge in [0.25, 0.3) is 0 Å². The van der Waals surface area contributed by atoms with E-state index in [1.807, 2.05) is 19.9 Å². The van der Waals surface area contributed by atoms with Gasteiger partial charge in [-0.05, 0) is 41.9 Å². The highest BCUT2D eigenvalue weighted by Crippen LogP contribution is 2.28. The quantitative estimate of drug-likeness (QED) is 0.866. The van der Waals surface area contributed by atoms with Gasteiger partial charge in [-0.2, -0.15) is 0 Å². The third-order valence-electron chi connectivity index (χ3n) is 3.30. The van der Waals surface area contributed by atoms with Gasteiger partial charge >= 0.3 is 0 Å². The third kappa shape index (κ3) is 2.41. The second kappa shape index (κ2) is 4.95. The molecule has 6 heteroatoms. The molecule has 0 saturated carbocycles. The molecule has 2 unspecified atom stereocenters. The normalized spacial score (nSPS) is 27.2. The summed E-state index contributed by atoms with van der Waals surface area (Å²) in [5, 5.41) is 2.79. The maximum atomic E-state index is 12.2. The Bertz CT molecular complexity index is 480. The lowest BCUT2D eigenvalue weighted by atomic mass is 9.85. The van der Waals surface area contributed by atoms with Crippen LogP contribution in [0.25, 0.3) is 0 Å². The molecule has 5 nitrogen and oxygen atoms in total. The Morgan fingerprint density at radius 3 is 2.94 bits per heavy atom. The van der Waals surface area contributed by atoms with Crippen molar-refractivity contribution in [1.29, 1.82) is 0 Å². The summed E-state index contributed by atoms with van der Waals surface area (Å²) in [7, 11) is 0. The lowest BCUT2D eigenvalue weighted by Gasteiger charge is -2.25. The van der Waals surface area contributed by atoms with Crippen molar-refractivity contribution >= 4 is 27.7 Å². The Hall–Kier alpha value is -0.980. The number of aryl methyl sites for hydroxylation is 1. The molecule has 2 heterocycles. The van der Waals surface area contributed by atoms with Crippen LogP contribution in [0.15, 0.2) is 16.6 Å². The van der Waals surface area contributed by atoms with Gasteiger partial charge < -0.3 is 15.8 Å². The Kier molecular flexibility index (Phi) is 3.70. The fourth-order valence-electron chi connectivity index (χ4n) is 1.80. The standard InChI is InChI=1S/C12H16BrN3O2/c1-7-8(13)3-4-10(15-7)16-11(17)12(2)6-18-5-9(12)14/h3-4,9H,5-6,14H2,1-2H3,(H,15,16,17). The number of halogens is 1. The summed E-state index contributed by atoms with van der Waals surface area (Å²) >= 11 is 3.37. The van der Waals surface area contributed by atoms with Crippen LogP contribution in [-0.4, -0.2) is 30.1 Å². The summed E-state index contributed by atoms with van der Waals surface area (Å²) in [5.74, 6) is 0.378. The summed E-state index contributed by atoms with van der Waals surface area (Å²) < 4.78 is 6.17. The Labute approximate surface area is 114 Å². The van der Waals surface area contributed by atoms with E-state index in [2.05, 4.69) is 26.2 Å². The second-order valence-corrected chi connectivity index (χ2v) is 5.61. The van der Waals surface area contributed by atoms with Crippen molar-refractivity contribution < 1.29 is 9.53 Å². The predicted octanol–water partition coefficient (Wildman–Crippen LogP) is 1.45. The van der Waals surface area contributed by atoms with Gasteiger partial charge in [0.05, 0.1) is 24.3 Å². The van der Waals surface area contributed by atoms with Gasteiger partial charge in [0, 0.05) is 10.5 Å². The first-order valence-electron chi connectivity index (χ1n) is 5.71. The molecular formula is C12H16BrN3O2. The van der Waals surface area contributed by atoms with Gasteiger partial charge in [0.2, 0.25) is 5.91 Å². The molecule has 0 radical (unpaired) electrons. The average molecular weight is 314 g/mol. The number of ether oxygens (including phenoxy) is 1. The molecule has 2 atom stereocenters. The van der Waals surface area contributed by atoms with E-state index in [0.717, 1.165) is 10.2 Å². The molecule has 1 saturated heterocycles. The summed E-state index contributed by atoms with van der Waals surface area (Å²) in [6.07, 6.45) is 0. The van der Waals surface area contributed by atoms with Gasteiger partial charge in [-0.25, -0.2) is 4.98 Å². The zero-order chi connectivity index (χ0) is 13.3. The Balaban J connectivity index is 2.14. The van der Waals surface area contributed by atoms with E-state index in [1.165, 1.54) is 0 Å². The van der Waals surface area contributed by atoms with Crippen molar-refractivity contribution in [3.05, 3.63) is 22.3 Å². The monoisotopic (exact) mass is 313 g/mol. The zero-order valence-electron chi connectivity index (χ0n) is 10.4. The van der Waals surface area contributed by atoms with Crippen LogP contribution in [0.2, 0.25) is 0 Å². The summed E-state index contributed by atoms with van der Waals surface area (Å²) in [4.78, 5) is 16.5. The third-order valence-corrected chi connectivity index (χ3v) is 4.14. The fraction of sp³-hybridized carbons (Fsp3) is 0.500. The number of nitrogens with two attached hydrogens (primary N) is 1. The van der Waals surface area contributed by atoms with E-state index >= 15 is 0 Å². The van der Waals surface area contributed by atoms with Crippen LogP contribution in [0.4, 0.5) is 5.82 Å². The van der Waals surface area contributed by atoms with E-state index in [-0.39, 0.29) is 11.9 Å². The summed E-state index contributed by atoms with van der Waals surface area (Å²) in [6, 6.07) is 3.32. The van der Waals surface area contributed by atoms with Crippen molar-refractivity contribution in [2.45, 2.75) is 19.9 Å². The van der Waals surface area contributed by atoms with Crippen LogP contribution in [0.3, 0.4) is 0 Å². The van der Waals surface area contributed by atoms with Crippen LogP contribution in [0.1, 0.15) is 12.6 Å². The van der Waals surface area contributed by atoms with Crippen molar-refractivity contribution in [3.63, 3.8) is 0 Å². The molecule has 0 bridgehead atoms. The van der Waals surface area contributed by atoms with Gasteiger partial charge in [0.15, 0.2) is 0 Å². The molecule has 1 fully saturated rings. The van der Waals surface area contributed by atoms with Crippen molar-refractivity contribution in [2.75, 3.05) is 18.5 Å². The lowest BCUT2D eigenvalue weighted by Crippen LogP contribution is -2.47. The Morgan fingerprint density at radius 1 is 1.67 bits per heavy atom. The molecule has 0 aromatic carbocycles. The molecule has 1 aromatic rings. The van der Waals surface area contributed by atoms with Crippen molar-refractivity contribution in [1.82, 2.24) is 4.98 Å². The average Bonchev–Trinajstić information content (AvgIpc) is 2.66. The molecule has 1 aromatic heterocycles. The van der Waals surface area contributed by atoms with Gasteiger partial charge in [-0.3, -0.25) is 4.79 Å². The topological polar surface area (TPSA) is 77.2 Å². The van der Waals surface area contributed by atoms with E-state index in [4.69, 9.17) is 10.5 Å². The SMILES string of the molecule is Cc1nc(NC(=O)C2(C)COCC2N)ccc1Br. The smallest absolute Gasteiger partial charge is 0.235 e. The summed E-state index contributed by atoms with van der Waals surface area (Å²) in [5.41, 5.74) is 6.04. The highest BCUT2D eigenvalue weighted by Gasteiger charge is 2.44. The highest BCUT2D eigenvalue weighted by molar-refractivity contribution is 9.10. The van der Waals surface area contributed by atoms with Crippen LogP contribution in [0.5, 0.6) is 0 Å². The van der Waals surface area contributed by atoms with E-state index in [0.29, 0.717) is 19.0 Å². The molecule has 0 spiro atoms. The number of anilines is 1. The first kappa shape index (κ1) is 13.5. The molecule has 98 valence electrons. The van der Waals surface area contributed by atoms with E-state index in [1.54, 1.807) is 6.07 Å². The fourth-order valence-corrected chi connectivity index (χ4v) is 2.02. The number of amides is 1. The van der Waals surface area contributed by atoms with Gasteiger partial charge in [0.1, 0.15) is 5.82 Å². The molecule has 1 aliphatic heterocycles. The number of nitrogens with zero attached hydrogens (tertiary/aromatic N) is 1. The number of hydrogen-bond acceptors (Lipinski definition) is 4. The van der Waals surface area contributed by atoms with Crippen LogP contribution < -0.4 is 11.1 Å².